The second-order valence-corrected chi connectivity index (χ2v) is 7.80. The van der Waals surface area contributed by atoms with Crippen molar-refractivity contribution in [1.29, 1.82) is 0 Å². The molecular formula is C23H15BrN4O2. The molecule has 0 N–H and O–H groups in total. The standard InChI is InChI=1S/C23H15BrN4O2/c1-14-5-4-6-15(13-14)21-25-22(30-27-21)20-18-7-2-3-8-19(18)23(29)28(26-20)17-11-9-16(24)10-12-17/h2-13H,1H3. The van der Waals surface area contributed by atoms with Crippen LogP contribution in [0.15, 0.2) is 86.6 Å². The highest BCUT2D eigenvalue weighted by molar-refractivity contribution is 9.10. The van der Waals surface area contributed by atoms with E-state index in [1.807, 2.05) is 73.7 Å². The Labute approximate surface area is 179 Å². The third kappa shape index (κ3) is 3.23. The van der Waals surface area contributed by atoms with E-state index < -0.39 is 0 Å². The van der Waals surface area contributed by atoms with Crippen LogP contribution in [0.1, 0.15) is 5.56 Å². The lowest BCUT2D eigenvalue weighted by molar-refractivity contribution is 0.430. The third-order valence-electron chi connectivity index (χ3n) is 4.78. The van der Waals surface area contributed by atoms with Gasteiger partial charge < -0.3 is 4.52 Å². The lowest BCUT2D eigenvalue weighted by Gasteiger charge is -2.09. The van der Waals surface area contributed by atoms with Crippen molar-refractivity contribution in [2.45, 2.75) is 6.92 Å². The first-order chi connectivity index (χ1) is 14.6. The average Bonchev–Trinajstić information content (AvgIpc) is 3.25. The average molecular weight is 459 g/mol. The van der Waals surface area contributed by atoms with Crippen molar-refractivity contribution in [2.24, 2.45) is 0 Å². The molecule has 0 fully saturated rings. The number of rotatable bonds is 3. The molecule has 146 valence electrons. The normalized spacial score (nSPS) is 11.1. The number of aryl methyl sites for hydroxylation is 1. The molecule has 0 spiro atoms. The van der Waals surface area contributed by atoms with Crippen LogP contribution in [0.2, 0.25) is 0 Å². The first kappa shape index (κ1) is 18.4. The number of aromatic nitrogens is 4. The summed E-state index contributed by atoms with van der Waals surface area (Å²) in [5, 5.41) is 9.91. The molecule has 5 rings (SSSR count). The van der Waals surface area contributed by atoms with Crippen LogP contribution in [-0.4, -0.2) is 19.9 Å². The molecule has 2 aromatic heterocycles. The molecule has 7 heteroatoms. The minimum absolute atomic E-state index is 0.213. The molecule has 0 saturated heterocycles. The molecule has 0 bridgehead atoms. The van der Waals surface area contributed by atoms with Gasteiger partial charge in [0.05, 0.1) is 11.1 Å². The Kier molecular flexibility index (Phi) is 4.52. The maximum atomic E-state index is 13.1. The van der Waals surface area contributed by atoms with Gasteiger partial charge in [0.15, 0.2) is 5.69 Å². The molecular weight excluding hydrogens is 444 g/mol. The van der Waals surface area contributed by atoms with Crippen LogP contribution >= 0.6 is 15.9 Å². The molecule has 30 heavy (non-hydrogen) atoms. The number of hydrogen-bond donors (Lipinski definition) is 0. The summed E-state index contributed by atoms with van der Waals surface area (Å²) in [6.45, 7) is 2.01. The van der Waals surface area contributed by atoms with Gasteiger partial charge in [0.2, 0.25) is 5.82 Å². The van der Waals surface area contributed by atoms with Crippen molar-refractivity contribution in [1.82, 2.24) is 19.9 Å². The number of fused-ring (bicyclic) bond motifs is 1. The summed E-state index contributed by atoms with van der Waals surface area (Å²) in [5.41, 5.74) is 2.85. The molecule has 0 amide bonds. The number of nitrogens with zero attached hydrogens (tertiary/aromatic N) is 4. The SMILES string of the molecule is Cc1cccc(-c2noc(-c3nn(-c4ccc(Br)cc4)c(=O)c4ccccc34)n2)c1. The maximum Gasteiger partial charge on any atom is 0.279 e. The van der Waals surface area contributed by atoms with Gasteiger partial charge in [0.1, 0.15) is 0 Å². The highest BCUT2D eigenvalue weighted by Gasteiger charge is 2.19. The minimum atomic E-state index is -0.213. The van der Waals surface area contributed by atoms with Gasteiger partial charge in [0, 0.05) is 15.4 Å². The molecule has 5 aromatic rings. The fraction of sp³-hybridized carbons (Fsp3) is 0.0435. The first-order valence-corrected chi connectivity index (χ1v) is 10.1. The summed E-state index contributed by atoms with van der Waals surface area (Å²) >= 11 is 3.42. The summed E-state index contributed by atoms with van der Waals surface area (Å²) in [6.07, 6.45) is 0. The van der Waals surface area contributed by atoms with Crippen LogP contribution in [0.4, 0.5) is 0 Å². The van der Waals surface area contributed by atoms with Gasteiger partial charge in [-0.2, -0.15) is 14.8 Å². The molecule has 0 radical (unpaired) electrons. The summed E-state index contributed by atoms with van der Waals surface area (Å²) in [6, 6.07) is 22.5. The smallest absolute Gasteiger partial charge is 0.279 e. The van der Waals surface area contributed by atoms with Gasteiger partial charge in [-0.15, -0.1) is 0 Å². The van der Waals surface area contributed by atoms with E-state index in [1.54, 1.807) is 6.07 Å². The lowest BCUT2D eigenvalue weighted by atomic mass is 10.1. The van der Waals surface area contributed by atoms with Crippen LogP contribution < -0.4 is 5.56 Å². The Hall–Kier alpha value is -3.58. The molecule has 0 aliphatic rings. The lowest BCUT2D eigenvalue weighted by Crippen LogP contribution is -2.22. The number of halogens is 1. The van der Waals surface area contributed by atoms with Gasteiger partial charge in [-0.1, -0.05) is 63.0 Å². The Morgan fingerprint density at radius 2 is 1.70 bits per heavy atom. The van der Waals surface area contributed by atoms with Crippen molar-refractivity contribution < 1.29 is 4.52 Å². The summed E-state index contributed by atoms with van der Waals surface area (Å²) in [4.78, 5) is 17.6. The molecule has 0 unspecified atom stereocenters. The molecule has 3 aromatic carbocycles. The molecule has 0 aliphatic heterocycles. The number of hydrogen-bond acceptors (Lipinski definition) is 5. The predicted molar refractivity (Wildman–Crippen MR) is 119 cm³/mol. The monoisotopic (exact) mass is 458 g/mol. The van der Waals surface area contributed by atoms with Crippen molar-refractivity contribution in [2.75, 3.05) is 0 Å². The van der Waals surface area contributed by atoms with Crippen LogP contribution in [0.25, 0.3) is 39.4 Å². The second kappa shape index (κ2) is 7.35. The zero-order valence-corrected chi connectivity index (χ0v) is 17.5. The Balaban J connectivity index is 1.72. The van der Waals surface area contributed by atoms with Crippen molar-refractivity contribution >= 4 is 26.7 Å². The molecule has 0 aliphatic carbocycles. The van der Waals surface area contributed by atoms with Gasteiger partial charge in [-0.3, -0.25) is 4.79 Å². The molecule has 6 nitrogen and oxygen atoms in total. The quantitative estimate of drug-likeness (QED) is 0.372. The van der Waals surface area contributed by atoms with E-state index in [-0.39, 0.29) is 11.4 Å². The van der Waals surface area contributed by atoms with Gasteiger partial charge in [-0.25, -0.2) is 0 Å². The first-order valence-electron chi connectivity index (χ1n) is 9.29. The topological polar surface area (TPSA) is 73.8 Å². The van der Waals surface area contributed by atoms with Crippen molar-refractivity contribution in [3.8, 4) is 28.7 Å². The second-order valence-electron chi connectivity index (χ2n) is 6.88. The summed E-state index contributed by atoms with van der Waals surface area (Å²) in [5.74, 6) is 0.731. The third-order valence-corrected chi connectivity index (χ3v) is 5.31. The Morgan fingerprint density at radius 3 is 2.47 bits per heavy atom. The highest BCUT2D eigenvalue weighted by Crippen LogP contribution is 2.27. The maximum absolute atomic E-state index is 13.1. The molecule has 2 heterocycles. The Morgan fingerprint density at radius 1 is 0.933 bits per heavy atom. The minimum Gasteiger partial charge on any atom is -0.332 e. The van der Waals surface area contributed by atoms with E-state index in [9.17, 15) is 4.79 Å². The van der Waals surface area contributed by atoms with Gasteiger partial charge >= 0.3 is 0 Å². The van der Waals surface area contributed by atoms with Crippen molar-refractivity contribution in [3.05, 3.63) is 93.2 Å². The fourth-order valence-electron chi connectivity index (χ4n) is 3.33. The molecule has 0 atom stereocenters. The van der Waals surface area contributed by atoms with E-state index in [1.165, 1.54) is 4.68 Å². The summed E-state index contributed by atoms with van der Waals surface area (Å²) < 4.78 is 7.83. The van der Waals surface area contributed by atoms with Gasteiger partial charge in [-0.05, 0) is 43.3 Å². The van der Waals surface area contributed by atoms with Crippen LogP contribution in [0.3, 0.4) is 0 Å². The zero-order valence-electron chi connectivity index (χ0n) is 15.9. The zero-order chi connectivity index (χ0) is 20.7. The highest BCUT2D eigenvalue weighted by atomic mass is 79.9. The Bertz CT molecular complexity index is 1440. The molecule has 0 saturated carbocycles. The van der Waals surface area contributed by atoms with Crippen LogP contribution in [0.5, 0.6) is 0 Å². The predicted octanol–water partition coefficient (Wildman–Crippen LogP) is 5.17. The van der Waals surface area contributed by atoms with E-state index in [4.69, 9.17) is 4.52 Å². The fourth-order valence-corrected chi connectivity index (χ4v) is 3.59. The largest absolute Gasteiger partial charge is 0.332 e. The van der Waals surface area contributed by atoms with Crippen LogP contribution in [0, 0.1) is 6.92 Å². The van der Waals surface area contributed by atoms with E-state index in [0.29, 0.717) is 28.0 Å². The van der Waals surface area contributed by atoms with Gasteiger partial charge in [0.25, 0.3) is 11.4 Å². The summed E-state index contributed by atoms with van der Waals surface area (Å²) in [7, 11) is 0. The number of benzene rings is 3. The van der Waals surface area contributed by atoms with E-state index >= 15 is 0 Å². The van der Waals surface area contributed by atoms with E-state index in [2.05, 4.69) is 31.2 Å². The van der Waals surface area contributed by atoms with Crippen LogP contribution in [-0.2, 0) is 0 Å². The van der Waals surface area contributed by atoms with Crippen molar-refractivity contribution in [3.63, 3.8) is 0 Å². The van der Waals surface area contributed by atoms with E-state index in [0.717, 1.165) is 15.6 Å².